The van der Waals surface area contributed by atoms with Crippen molar-refractivity contribution < 1.29 is 4.52 Å². The van der Waals surface area contributed by atoms with Crippen LogP contribution in [-0.4, -0.2) is 16.7 Å². The van der Waals surface area contributed by atoms with Crippen molar-refractivity contribution in [2.45, 2.75) is 12.8 Å². The Bertz CT molecular complexity index is 255. The van der Waals surface area contributed by atoms with E-state index in [1.807, 2.05) is 17.8 Å². The fourth-order valence-corrected chi connectivity index (χ4v) is 2.74. The molecule has 1 saturated heterocycles. The normalized spacial score (nSPS) is 23.2. The van der Waals surface area contributed by atoms with Crippen LogP contribution in [0.4, 0.5) is 5.82 Å². The van der Waals surface area contributed by atoms with E-state index in [1.165, 1.54) is 17.9 Å². The van der Waals surface area contributed by atoms with Gasteiger partial charge in [-0.3, -0.25) is 0 Å². The first-order valence-corrected chi connectivity index (χ1v) is 5.29. The lowest BCUT2D eigenvalue weighted by Gasteiger charge is -2.02. The average molecular weight is 184 g/mol. The summed E-state index contributed by atoms with van der Waals surface area (Å²) in [6.07, 6.45) is 2.29. The molecule has 0 bridgehead atoms. The number of nitrogens with two attached hydrogens (primary N) is 1. The Kier molecular flexibility index (Phi) is 2.26. The Morgan fingerprint density at radius 3 is 3.25 bits per heavy atom. The van der Waals surface area contributed by atoms with Gasteiger partial charge in [0.25, 0.3) is 0 Å². The zero-order valence-corrected chi connectivity index (χ0v) is 7.64. The second-order valence-corrected chi connectivity index (χ2v) is 4.30. The summed E-state index contributed by atoms with van der Waals surface area (Å²) in [6.45, 7) is 0. The Labute approximate surface area is 75.7 Å². The fourth-order valence-electron chi connectivity index (χ4n) is 1.45. The van der Waals surface area contributed by atoms with E-state index in [0.29, 0.717) is 5.82 Å². The molecular formula is C8H12N2OS. The van der Waals surface area contributed by atoms with E-state index in [2.05, 4.69) is 5.16 Å². The van der Waals surface area contributed by atoms with Gasteiger partial charge in [-0.05, 0) is 23.8 Å². The molecule has 1 fully saturated rings. The third-order valence-electron chi connectivity index (χ3n) is 2.09. The minimum Gasteiger partial charge on any atom is -0.381 e. The molecule has 12 heavy (non-hydrogen) atoms. The van der Waals surface area contributed by atoms with Crippen LogP contribution in [0.3, 0.4) is 0 Å². The predicted molar refractivity (Wildman–Crippen MR) is 50.1 cm³/mol. The average Bonchev–Trinajstić information content (AvgIpc) is 2.63. The summed E-state index contributed by atoms with van der Waals surface area (Å²) in [5.41, 5.74) is 5.44. The van der Waals surface area contributed by atoms with Crippen LogP contribution in [-0.2, 0) is 6.42 Å². The predicted octanol–water partition coefficient (Wildman–Crippen LogP) is 1.55. The smallest absolute Gasteiger partial charge is 0.167 e. The number of nitrogens with zero attached hydrogens (tertiary/aromatic N) is 1. The van der Waals surface area contributed by atoms with Crippen molar-refractivity contribution in [2.75, 3.05) is 17.2 Å². The Morgan fingerprint density at radius 1 is 1.75 bits per heavy atom. The monoisotopic (exact) mass is 184 g/mol. The van der Waals surface area contributed by atoms with Gasteiger partial charge in [0.05, 0.1) is 0 Å². The maximum absolute atomic E-state index is 5.44. The molecule has 0 radical (unpaired) electrons. The first-order valence-electron chi connectivity index (χ1n) is 4.13. The van der Waals surface area contributed by atoms with E-state index in [9.17, 15) is 0 Å². The summed E-state index contributed by atoms with van der Waals surface area (Å²) in [4.78, 5) is 0. The molecule has 1 aromatic heterocycles. The SMILES string of the molecule is Nc1cc(CC2CCSC2)on1. The molecule has 4 heteroatoms. The maximum Gasteiger partial charge on any atom is 0.167 e. The molecule has 0 aromatic carbocycles. The van der Waals surface area contributed by atoms with Gasteiger partial charge in [-0.1, -0.05) is 5.16 Å². The van der Waals surface area contributed by atoms with Crippen LogP contribution in [0.1, 0.15) is 12.2 Å². The number of thioether (sulfide) groups is 1. The van der Waals surface area contributed by atoms with Crippen molar-refractivity contribution in [3.05, 3.63) is 11.8 Å². The molecule has 1 aliphatic rings. The van der Waals surface area contributed by atoms with Crippen LogP contribution in [0.15, 0.2) is 10.6 Å². The molecule has 0 aliphatic carbocycles. The first kappa shape index (κ1) is 7.98. The van der Waals surface area contributed by atoms with Crippen LogP contribution in [0.25, 0.3) is 0 Å². The van der Waals surface area contributed by atoms with E-state index in [4.69, 9.17) is 10.3 Å². The molecule has 1 aromatic rings. The van der Waals surface area contributed by atoms with Gasteiger partial charge in [0.15, 0.2) is 5.82 Å². The summed E-state index contributed by atoms with van der Waals surface area (Å²) < 4.78 is 5.04. The molecule has 1 aliphatic heterocycles. The van der Waals surface area contributed by atoms with E-state index < -0.39 is 0 Å². The standard InChI is InChI=1S/C8H12N2OS/c9-8-4-7(11-10-8)3-6-1-2-12-5-6/h4,6H,1-3,5H2,(H2,9,10). The lowest BCUT2D eigenvalue weighted by atomic mass is 10.0. The molecule has 0 amide bonds. The number of nitrogen functional groups attached to an aromatic ring is 1. The van der Waals surface area contributed by atoms with Gasteiger partial charge in [0.2, 0.25) is 0 Å². The van der Waals surface area contributed by atoms with Crippen LogP contribution in [0.5, 0.6) is 0 Å². The first-order chi connectivity index (χ1) is 5.84. The van der Waals surface area contributed by atoms with Crippen molar-refractivity contribution in [2.24, 2.45) is 5.92 Å². The van der Waals surface area contributed by atoms with Crippen molar-refractivity contribution in [3.63, 3.8) is 0 Å². The van der Waals surface area contributed by atoms with E-state index >= 15 is 0 Å². The summed E-state index contributed by atoms with van der Waals surface area (Å²) >= 11 is 2.01. The number of anilines is 1. The minimum atomic E-state index is 0.496. The summed E-state index contributed by atoms with van der Waals surface area (Å²) in [5, 5.41) is 3.65. The van der Waals surface area contributed by atoms with E-state index in [1.54, 1.807) is 0 Å². The van der Waals surface area contributed by atoms with Gasteiger partial charge in [-0.25, -0.2) is 0 Å². The number of hydrogen-bond donors (Lipinski definition) is 1. The van der Waals surface area contributed by atoms with Crippen LogP contribution < -0.4 is 5.73 Å². The number of rotatable bonds is 2. The molecule has 66 valence electrons. The summed E-state index contributed by atoms with van der Waals surface area (Å²) in [6, 6.07) is 1.82. The van der Waals surface area contributed by atoms with Gasteiger partial charge in [0, 0.05) is 12.5 Å². The summed E-state index contributed by atoms with van der Waals surface area (Å²) in [7, 11) is 0. The molecular weight excluding hydrogens is 172 g/mol. The van der Waals surface area contributed by atoms with Gasteiger partial charge in [-0.15, -0.1) is 0 Å². The lowest BCUT2D eigenvalue weighted by Crippen LogP contribution is -2.01. The fraction of sp³-hybridized carbons (Fsp3) is 0.625. The van der Waals surface area contributed by atoms with Crippen molar-refractivity contribution in [3.8, 4) is 0 Å². The maximum atomic E-state index is 5.44. The molecule has 2 heterocycles. The molecule has 2 rings (SSSR count). The van der Waals surface area contributed by atoms with Crippen molar-refractivity contribution in [1.29, 1.82) is 0 Å². The highest BCUT2D eigenvalue weighted by Crippen LogP contribution is 2.26. The highest BCUT2D eigenvalue weighted by molar-refractivity contribution is 7.99. The largest absolute Gasteiger partial charge is 0.381 e. The second-order valence-electron chi connectivity index (χ2n) is 3.15. The van der Waals surface area contributed by atoms with E-state index in [-0.39, 0.29) is 0 Å². The third-order valence-corrected chi connectivity index (χ3v) is 3.32. The Morgan fingerprint density at radius 2 is 2.67 bits per heavy atom. The van der Waals surface area contributed by atoms with E-state index in [0.717, 1.165) is 18.1 Å². The zero-order chi connectivity index (χ0) is 8.39. The van der Waals surface area contributed by atoms with Gasteiger partial charge in [0.1, 0.15) is 5.76 Å². The molecule has 1 unspecified atom stereocenters. The van der Waals surface area contributed by atoms with Crippen molar-refractivity contribution >= 4 is 17.6 Å². The molecule has 3 nitrogen and oxygen atoms in total. The van der Waals surface area contributed by atoms with Crippen molar-refractivity contribution in [1.82, 2.24) is 5.16 Å². The summed E-state index contributed by atoms with van der Waals surface area (Å²) in [5.74, 6) is 4.73. The van der Waals surface area contributed by atoms with Gasteiger partial charge >= 0.3 is 0 Å². The zero-order valence-electron chi connectivity index (χ0n) is 6.82. The third kappa shape index (κ3) is 1.75. The van der Waals surface area contributed by atoms with Crippen LogP contribution in [0.2, 0.25) is 0 Å². The number of hydrogen-bond acceptors (Lipinski definition) is 4. The van der Waals surface area contributed by atoms with Gasteiger partial charge < -0.3 is 10.3 Å². The number of aromatic nitrogens is 1. The van der Waals surface area contributed by atoms with Crippen LogP contribution in [0, 0.1) is 5.92 Å². The topological polar surface area (TPSA) is 52.0 Å². The molecule has 1 atom stereocenters. The highest BCUT2D eigenvalue weighted by atomic mass is 32.2. The molecule has 2 N–H and O–H groups in total. The second kappa shape index (κ2) is 3.39. The molecule has 0 saturated carbocycles. The minimum absolute atomic E-state index is 0.496. The van der Waals surface area contributed by atoms with Crippen LogP contribution >= 0.6 is 11.8 Å². The van der Waals surface area contributed by atoms with Gasteiger partial charge in [-0.2, -0.15) is 11.8 Å². The lowest BCUT2D eigenvalue weighted by molar-refractivity contribution is 0.367. The highest BCUT2D eigenvalue weighted by Gasteiger charge is 2.17. The Hall–Kier alpha value is -0.640. The quantitative estimate of drug-likeness (QED) is 0.757. The molecule has 0 spiro atoms. The Balaban J connectivity index is 1.94.